The minimum atomic E-state index is -1.20. The van der Waals surface area contributed by atoms with Gasteiger partial charge in [0.15, 0.2) is 11.6 Å². The summed E-state index contributed by atoms with van der Waals surface area (Å²) in [7, 11) is 0. The third-order valence-electron chi connectivity index (χ3n) is 3.87. The van der Waals surface area contributed by atoms with Gasteiger partial charge in [-0.3, -0.25) is 14.4 Å². The number of Topliss-reactive ketones (excluding diaryl/α,β-unsaturated/α-hetero) is 3. The summed E-state index contributed by atoms with van der Waals surface area (Å²) < 4.78 is 4.89. The molecule has 1 aliphatic carbocycles. The summed E-state index contributed by atoms with van der Waals surface area (Å²) in [6, 6.07) is 1.47. The Hall–Kier alpha value is -1.43. The van der Waals surface area contributed by atoms with Crippen LogP contribution in [0.1, 0.15) is 49.4 Å². The summed E-state index contributed by atoms with van der Waals surface area (Å²) >= 11 is 1.82. The van der Waals surface area contributed by atoms with E-state index in [0.29, 0.717) is 23.8 Å². The Labute approximate surface area is 134 Å². The number of aryl methyl sites for hydroxylation is 1. The van der Waals surface area contributed by atoms with E-state index in [1.165, 1.54) is 6.07 Å². The predicted octanol–water partition coefficient (Wildman–Crippen LogP) is 2.86. The smallest absolute Gasteiger partial charge is 0.218 e. The molecule has 1 aromatic rings. The molecule has 1 aromatic heterocycles. The molecule has 0 aromatic carbocycles. The third kappa shape index (κ3) is 3.85. The number of hydrogen-bond donors (Lipinski definition) is 0. The molecule has 0 amide bonds. The maximum Gasteiger partial charge on any atom is 0.218 e. The minimum absolute atomic E-state index is 0.00226. The highest BCUT2D eigenvalue weighted by atomic mass is 32.2. The topological polar surface area (TPSA) is 77.2 Å². The fraction of sp³-hybridized carbons (Fsp3) is 0.625. The quantitative estimate of drug-likeness (QED) is 0.592. The SMILES string of the molecule is CCS[C@H](C)CC1CC(=O)C(C(=O)c2cc(C)no2)C(=O)C1. The van der Waals surface area contributed by atoms with Crippen molar-refractivity contribution in [3.8, 4) is 0 Å². The van der Waals surface area contributed by atoms with Crippen molar-refractivity contribution < 1.29 is 18.9 Å². The molecular formula is C16H21NO4S. The highest BCUT2D eigenvalue weighted by molar-refractivity contribution is 7.99. The fourth-order valence-electron chi connectivity index (χ4n) is 2.96. The number of carbonyl (C=O) groups excluding carboxylic acids is 3. The van der Waals surface area contributed by atoms with E-state index in [1.54, 1.807) is 6.92 Å². The van der Waals surface area contributed by atoms with Crippen molar-refractivity contribution in [1.29, 1.82) is 0 Å². The van der Waals surface area contributed by atoms with E-state index in [2.05, 4.69) is 19.0 Å². The Kier molecular flexibility index (Phi) is 5.56. The monoisotopic (exact) mass is 323 g/mol. The molecular weight excluding hydrogens is 302 g/mol. The molecule has 1 heterocycles. The van der Waals surface area contributed by atoms with Gasteiger partial charge >= 0.3 is 0 Å². The molecule has 22 heavy (non-hydrogen) atoms. The largest absolute Gasteiger partial charge is 0.353 e. The first-order valence-corrected chi connectivity index (χ1v) is 8.61. The molecule has 0 unspecified atom stereocenters. The molecule has 0 N–H and O–H groups in total. The van der Waals surface area contributed by atoms with Crippen molar-refractivity contribution in [3.63, 3.8) is 0 Å². The first-order chi connectivity index (χ1) is 10.4. The van der Waals surface area contributed by atoms with E-state index in [-0.39, 0.29) is 23.2 Å². The zero-order valence-electron chi connectivity index (χ0n) is 13.1. The standard InChI is InChI=1S/C16H21NO4S/c1-4-22-10(3)6-11-7-12(18)15(13(19)8-11)16(20)14-5-9(2)17-21-14/h5,10-11,15H,4,6-8H2,1-3H3/t10-,11?,15?/m1/s1. The van der Waals surface area contributed by atoms with Gasteiger partial charge in [-0.25, -0.2) is 0 Å². The van der Waals surface area contributed by atoms with Crippen LogP contribution in [-0.4, -0.2) is 33.5 Å². The molecule has 1 atom stereocenters. The van der Waals surface area contributed by atoms with Crippen molar-refractivity contribution in [2.75, 3.05) is 5.75 Å². The van der Waals surface area contributed by atoms with E-state index in [9.17, 15) is 14.4 Å². The van der Waals surface area contributed by atoms with E-state index >= 15 is 0 Å². The summed E-state index contributed by atoms with van der Waals surface area (Å²) in [4.78, 5) is 36.8. The maximum absolute atomic E-state index is 12.3. The molecule has 120 valence electrons. The Bertz CT molecular complexity index is 562. The predicted molar refractivity (Wildman–Crippen MR) is 84.0 cm³/mol. The number of thioether (sulfide) groups is 1. The van der Waals surface area contributed by atoms with Crippen LogP contribution in [0.25, 0.3) is 0 Å². The average molecular weight is 323 g/mol. The van der Waals surface area contributed by atoms with Gasteiger partial charge in [-0.15, -0.1) is 0 Å². The number of hydrogen-bond acceptors (Lipinski definition) is 6. The van der Waals surface area contributed by atoms with Gasteiger partial charge in [0.05, 0.1) is 5.69 Å². The van der Waals surface area contributed by atoms with Crippen molar-refractivity contribution in [3.05, 3.63) is 17.5 Å². The lowest BCUT2D eigenvalue weighted by atomic mass is 9.76. The Balaban J connectivity index is 2.03. The second-order valence-electron chi connectivity index (χ2n) is 5.84. The summed E-state index contributed by atoms with van der Waals surface area (Å²) in [5, 5.41) is 4.05. The molecule has 1 aliphatic rings. The Morgan fingerprint density at radius 1 is 1.41 bits per heavy atom. The van der Waals surface area contributed by atoms with Gasteiger partial charge in [-0.1, -0.05) is 19.0 Å². The van der Waals surface area contributed by atoms with Crippen LogP contribution in [0.4, 0.5) is 0 Å². The molecule has 0 bridgehead atoms. The lowest BCUT2D eigenvalue weighted by Crippen LogP contribution is -2.39. The number of carbonyl (C=O) groups is 3. The maximum atomic E-state index is 12.3. The molecule has 2 rings (SSSR count). The molecule has 1 saturated carbocycles. The number of aromatic nitrogens is 1. The van der Waals surface area contributed by atoms with Gasteiger partial charge < -0.3 is 4.52 Å². The molecule has 0 radical (unpaired) electrons. The van der Waals surface area contributed by atoms with Gasteiger partial charge in [-0.05, 0) is 25.0 Å². The van der Waals surface area contributed by atoms with Crippen LogP contribution in [-0.2, 0) is 9.59 Å². The molecule has 0 saturated heterocycles. The van der Waals surface area contributed by atoms with Gasteiger partial charge in [-0.2, -0.15) is 11.8 Å². The van der Waals surface area contributed by atoms with Gasteiger partial charge in [0.1, 0.15) is 5.92 Å². The first kappa shape index (κ1) is 16.9. The first-order valence-electron chi connectivity index (χ1n) is 7.56. The fourth-order valence-corrected chi connectivity index (χ4v) is 3.94. The van der Waals surface area contributed by atoms with Crippen LogP contribution in [0.15, 0.2) is 10.6 Å². The van der Waals surface area contributed by atoms with Crippen LogP contribution in [0, 0.1) is 18.8 Å². The van der Waals surface area contributed by atoms with E-state index in [0.717, 1.165) is 12.2 Å². The number of rotatable bonds is 6. The summed E-state index contributed by atoms with van der Waals surface area (Å²) in [5.74, 6) is -1.25. The van der Waals surface area contributed by atoms with Crippen LogP contribution in [0.5, 0.6) is 0 Å². The van der Waals surface area contributed by atoms with Gasteiger partial charge in [0.25, 0.3) is 0 Å². The average Bonchev–Trinajstić information content (AvgIpc) is 2.84. The number of ketones is 3. The Morgan fingerprint density at radius 2 is 2.05 bits per heavy atom. The molecule has 6 heteroatoms. The molecule has 1 fully saturated rings. The normalized spacial score (nSPS) is 23.6. The van der Waals surface area contributed by atoms with Crippen LogP contribution < -0.4 is 0 Å². The zero-order chi connectivity index (χ0) is 16.3. The summed E-state index contributed by atoms with van der Waals surface area (Å²) in [6.45, 7) is 5.89. The zero-order valence-corrected chi connectivity index (χ0v) is 13.9. The van der Waals surface area contributed by atoms with Crippen molar-refractivity contribution in [2.24, 2.45) is 11.8 Å². The van der Waals surface area contributed by atoms with Crippen LogP contribution in [0.2, 0.25) is 0 Å². The number of nitrogens with zero attached hydrogens (tertiary/aromatic N) is 1. The lowest BCUT2D eigenvalue weighted by molar-refractivity contribution is -0.135. The van der Waals surface area contributed by atoms with E-state index in [1.807, 2.05) is 11.8 Å². The van der Waals surface area contributed by atoms with Crippen LogP contribution >= 0.6 is 11.8 Å². The molecule has 0 aliphatic heterocycles. The van der Waals surface area contributed by atoms with Gasteiger partial charge in [0.2, 0.25) is 11.5 Å². The molecule has 5 nitrogen and oxygen atoms in total. The minimum Gasteiger partial charge on any atom is -0.353 e. The van der Waals surface area contributed by atoms with E-state index in [4.69, 9.17) is 4.52 Å². The van der Waals surface area contributed by atoms with Crippen molar-refractivity contribution >= 4 is 29.1 Å². The third-order valence-corrected chi connectivity index (χ3v) is 4.97. The second-order valence-corrected chi connectivity index (χ2v) is 7.55. The van der Waals surface area contributed by atoms with E-state index < -0.39 is 11.7 Å². The van der Waals surface area contributed by atoms with Crippen molar-refractivity contribution in [2.45, 2.75) is 45.3 Å². The van der Waals surface area contributed by atoms with Crippen LogP contribution in [0.3, 0.4) is 0 Å². The lowest BCUT2D eigenvalue weighted by Gasteiger charge is -2.26. The Morgan fingerprint density at radius 3 is 2.55 bits per heavy atom. The highest BCUT2D eigenvalue weighted by Gasteiger charge is 2.41. The summed E-state index contributed by atoms with van der Waals surface area (Å²) in [5.41, 5.74) is 0.558. The molecule has 0 spiro atoms. The summed E-state index contributed by atoms with van der Waals surface area (Å²) in [6.07, 6.45) is 1.42. The van der Waals surface area contributed by atoms with Crippen molar-refractivity contribution in [1.82, 2.24) is 5.16 Å². The highest BCUT2D eigenvalue weighted by Crippen LogP contribution is 2.31. The second kappa shape index (κ2) is 7.22. The van der Waals surface area contributed by atoms with Gasteiger partial charge in [0, 0.05) is 24.2 Å².